The Morgan fingerprint density at radius 1 is 0.710 bits per heavy atom. The van der Waals surface area contributed by atoms with Gasteiger partial charge < -0.3 is 15.0 Å². The van der Waals surface area contributed by atoms with E-state index in [9.17, 15) is 15.0 Å². The van der Waals surface area contributed by atoms with Crippen molar-refractivity contribution in [2.75, 3.05) is 0 Å². The molecule has 0 radical (unpaired) electrons. The molecule has 0 spiro atoms. The van der Waals surface area contributed by atoms with Crippen molar-refractivity contribution in [3.05, 3.63) is 59.7 Å². The van der Waals surface area contributed by atoms with Gasteiger partial charge in [-0.3, -0.25) is 0 Å². The fraction of sp³-hybridized carbons (Fsp3) is 0.500. The number of rotatable bonds is 5. The number of aliphatic hydroxyl groups is 1. The summed E-state index contributed by atoms with van der Waals surface area (Å²) in [5.74, 6) is -1.47. The second-order valence-corrected chi connectivity index (χ2v) is 22.4. The van der Waals surface area contributed by atoms with Crippen molar-refractivity contribution in [3.63, 3.8) is 0 Å². The highest BCUT2D eigenvalue weighted by Gasteiger charge is 2.47. The summed E-state index contributed by atoms with van der Waals surface area (Å²) in [4.78, 5) is 12.7. The van der Waals surface area contributed by atoms with Gasteiger partial charge in [0.2, 0.25) is 0 Å². The van der Waals surface area contributed by atoms with E-state index in [0.29, 0.717) is 11.1 Å². The molecular formula is C26H39O3Si2-. The van der Waals surface area contributed by atoms with Gasteiger partial charge >= 0.3 is 0 Å². The third kappa shape index (κ3) is 4.20. The van der Waals surface area contributed by atoms with Crippen LogP contribution in [0, 0.1) is 0 Å². The minimum atomic E-state index is -2.21. The zero-order valence-corrected chi connectivity index (χ0v) is 22.9. The number of hydrogen-bond acceptors (Lipinski definition) is 3. The van der Waals surface area contributed by atoms with Crippen molar-refractivity contribution in [1.29, 1.82) is 0 Å². The van der Waals surface area contributed by atoms with E-state index < -0.39 is 27.7 Å². The molecule has 0 aliphatic heterocycles. The van der Waals surface area contributed by atoms with E-state index in [1.54, 1.807) is 12.1 Å². The molecule has 0 aromatic heterocycles. The maximum absolute atomic E-state index is 12.7. The molecule has 1 N–H and O–H groups in total. The predicted molar refractivity (Wildman–Crippen MR) is 135 cm³/mol. The molecule has 0 unspecified atom stereocenters. The third-order valence-electron chi connectivity index (χ3n) is 8.03. The molecule has 3 nitrogen and oxygen atoms in total. The van der Waals surface area contributed by atoms with E-state index in [2.05, 4.69) is 67.7 Å². The van der Waals surface area contributed by atoms with Gasteiger partial charge in [0.25, 0.3) is 0 Å². The Kier molecular flexibility index (Phi) is 6.61. The standard InChI is InChI=1S/C26H40O3Si2/c1-24(2,3)30(7,8)21-17-13-11-15-19(21)26(29,23(27)28)20-16-12-14-18-22(20)31(9,10)25(4,5)6/h11-18,29H,1-10H3,(H,27,28)/p-1. The molecule has 2 aromatic rings. The number of carbonyl (C=O) groups excluding carboxylic acids is 1. The number of carboxylic acid groups (broad SMARTS) is 1. The van der Waals surface area contributed by atoms with E-state index in [1.165, 1.54) is 0 Å². The third-order valence-corrected chi connectivity index (χ3v) is 19.1. The highest BCUT2D eigenvalue weighted by atomic mass is 28.3. The van der Waals surface area contributed by atoms with Gasteiger partial charge in [0.15, 0.2) is 5.60 Å². The Morgan fingerprint density at radius 3 is 1.26 bits per heavy atom. The molecule has 0 aliphatic carbocycles. The maximum atomic E-state index is 12.7. The Morgan fingerprint density at radius 2 is 1.00 bits per heavy atom. The topological polar surface area (TPSA) is 60.4 Å². The van der Waals surface area contributed by atoms with Crippen molar-refractivity contribution in [2.24, 2.45) is 0 Å². The average molecular weight is 456 g/mol. The second kappa shape index (κ2) is 8.02. The number of hydrogen-bond donors (Lipinski definition) is 1. The Bertz CT molecular complexity index is 894. The van der Waals surface area contributed by atoms with E-state index >= 15 is 0 Å². The Hall–Kier alpha value is -1.70. The van der Waals surface area contributed by atoms with Crippen LogP contribution < -0.4 is 15.5 Å². The highest BCUT2D eigenvalue weighted by Crippen LogP contribution is 2.41. The second-order valence-electron chi connectivity index (χ2n) is 11.8. The minimum Gasteiger partial charge on any atom is -0.546 e. The molecule has 2 aromatic carbocycles. The maximum Gasteiger partial charge on any atom is 0.154 e. The molecule has 31 heavy (non-hydrogen) atoms. The highest BCUT2D eigenvalue weighted by molar-refractivity contribution is 6.93. The SMILES string of the molecule is CC(C)(C)[Si](C)(C)c1ccccc1C(O)(C(=O)[O-])c1ccccc1[Si](C)(C)C(C)(C)C. The Labute approximate surface area is 190 Å². The first-order valence-electron chi connectivity index (χ1n) is 11.0. The van der Waals surface area contributed by atoms with Crippen LogP contribution in [0.1, 0.15) is 52.7 Å². The molecule has 0 saturated carbocycles. The first kappa shape index (κ1) is 25.6. The first-order valence-corrected chi connectivity index (χ1v) is 17.0. The first-order chi connectivity index (χ1) is 13.9. The summed E-state index contributed by atoms with van der Waals surface area (Å²) in [6.45, 7) is 22.1. The molecule has 0 bridgehead atoms. The number of carboxylic acids is 1. The van der Waals surface area contributed by atoms with E-state index in [0.717, 1.165) is 10.4 Å². The monoisotopic (exact) mass is 455 g/mol. The lowest BCUT2D eigenvalue weighted by Gasteiger charge is -2.44. The lowest BCUT2D eigenvalue weighted by molar-refractivity contribution is -0.322. The van der Waals surface area contributed by atoms with Crippen molar-refractivity contribution >= 4 is 32.5 Å². The normalized spacial score (nSPS) is 13.9. The number of carbonyl (C=O) groups is 1. The molecule has 170 valence electrons. The zero-order chi connectivity index (χ0) is 24.0. The molecule has 0 fully saturated rings. The summed E-state index contributed by atoms with van der Waals surface area (Å²) < 4.78 is 0. The summed E-state index contributed by atoms with van der Waals surface area (Å²) >= 11 is 0. The van der Waals surface area contributed by atoms with Crippen LogP contribution in [0.4, 0.5) is 0 Å². The quantitative estimate of drug-likeness (QED) is 0.691. The summed E-state index contributed by atoms with van der Waals surface area (Å²) in [5.41, 5.74) is -1.31. The summed E-state index contributed by atoms with van der Waals surface area (Å²) in [5, 5.41) is 26.7. The van der Waals surface area contributed by atoms with Gasteiger partial charge in [-0.05, 0) is 21.2 Å². The molecule has 0 heterocycles. The zero-order valence-electron chi connectivity index (χ0n) is 20.9. The van der Waals surface area contributed by atoms with Gasteiger partial charge in [0.05, 0.1) is 22.1 Å². The lowest BCUT2D eigenvalue weighted by atomic mass is 9.86. The Balaban J connectivity index is 2.95. The van der Waals surface area contributed by atoms with Gasteiger partial charge in [-0.1, -0.05) is 127 Å². The van der Waals surface area contributed by atoms with Crippen LogP contribution in [0.15, 0.2) is 48.5 Å². The van der Waals surface area contributed by atoms with E-state index in [1.807, 2.05) is 36.4 Å². The van der Waals surface area contributed by atoms with E-state index in [4.69, 9.17) is 0 Å². The number of aliphatic carboxylic acids is 1. The van der Waals surface area contributed by atoms with Crippen LogP contribution >= 0.6 is 0 Å². The van der Waals surface area contributed by atoms with Crippen LogP contribution in [-0.2, 0) is 10.4 Å². The molecular weight excluding hydrogens is 416 g/mol. The van der Waals surface area contributed by atoms with Gasteiger partial charge in [0.1, 0.15) is 0 Å². The molecule has 0 amide bonds. The van der Waals surface area contributed by atoms with Crippen molar-refractivity contribution < 1.29 is 15.0 Å². The van der Waals surface area contributed by atoms with E-state index in [-0.39, 0.29) is 10.1 Å². The minimum absolute atomic E-state index is 0.0190. The summed E-state index contributed by atoms with van der Waals surface area (Å²) in [6, 6.07) is 15.0. The molecule has 2 rings (SSSR count). The van der Waals surface area contributed by atoms with Gasteiger partial charge in [-0.15, -0.1) is 0 Å². The van der Waals surface area contributed by atoms with Crippen LogP contribution in [0.5, 0.6) is 0 Å². The molecule has 0 aliphatic rings. The van der Waals surface area contributed by atoms with Gasteiger partial charge in [-0.2, -0.15) is 0 Å². The number of benzene rings is 2. The van der Waals surface area contributed by atoms with Gasteiger partial charge in [-0.25, -0.2) is 0 Å². The van der Waals surface area contributed by atoms with Crippen molar-refractivity contribution in [2.45, 2.75) is 83.4 Å². The average Bonchev–Trinajstić information content (AvgIpc) is 2.65. The fourth-order valence-electron chi connectivity index (χ4n) is 3.86. The fourth-order valence-corrected chi connectivity index (χ4v) is 8.38. The smallest absolute Gasteiger partial charge is 0.154 e. The predicted octanol–water partition coefficient (Wildman–Crippen LogP) is 4.10. The largest absolute Gasteiger partial charge is 0.546 e. The van der Waals surface area contributed by atoms with Crippen LogP contribution in [0.2, 0.25) is 36.3 Å². The molecule has 5 heteroatoms. The molecule has 0 saturated heterocycles. The van der Waals surface area contributed by atoms with Crippen LogP contribution in [-0.4, -0.2) is 27.2 Å². The summed E-state index contributed by atoms with van der Waals surface area (Å²) in [7, 11) is -4.31. The van der Waals surface area contributed by atoms with Crippen LogP contribution in [0.3, 0.4) is 0 Å². The summed E-state index contributed by atoms with van der Waals surface area (Å²) in [6.07, 6.45) is 0. The van der Waals surface area contributed by atoms with Crippen LogP contribution in [0.25, 0.3) is 0 Å². The molecule has 0 atom stereocenters. The van der Waals surface area contributed by atoms with Gasteiger partial charge in [0, 0.05) is 0 Å². The van der Waals surface area contributed by atoms with Crippen molar-refractivity contribution in [1.82, 2.24) is 0 Å². The lowest BCUT2D eigenvalue weighted by Crippen LogP contribution is -2.60. The van der Waals surface area contributed by atoms with Crippen molar-refractivity contribution in [3.8, 4) is 0 Å².